The molecule has 5 nitrogen and oxygen atoms in total. The lowest BCUT2D eigenvalue weighted by Gasteiger charge is -2.26. The third kappa shape index (κ3) is 3.70. The summed E-state index contributed by atoms with van der Waals surface area (Å²) >= 11 is 0. The lowest BCUT2D eigenvalue weighted by Crippen LogP contribution is -2.32. The minimum atomic E-state index is -0.248. The van der Waals surface area contributed by atoms with Crippen LogP contribution in [0.15, 0.2) is 48.7 Å². The molecule has 1 saturated heterocycles. The summed E-state index contributed by atoms with van der Waals surface area (Å²) in [6, 6.07) is 12.0. The maximum Gasteiger partial charge on any atom is 0.254 e. The molecule has 1 atom stereocenters. The van der Waals surface area contributed by atoms with Crippen LogP contribution in [0.25, 0.3) is 0 Å². The fourth-order valence-electron chi connectivity index (χ4n) is 4.22. The Balaban J connectivity index is 1.64. The smallest absolute Gasteiger partial charge is 0.254 e. The number of nitrogens with zero attached hydrogens (tertiary/aromatic N) is 3. The standard InChI is InChI=1S/C24H26FN3O2/c1-16-14-26-23(28(16)15-18-9-11-19(25)12-10-18)21-7-5-13-27(21)24(29)20-6-4-8-22(30-3)17(20)2/h4,6,8-12,14,21H,5,7,13,15H2,1-3H3. The summed E-state index contributed by atoms with van der Waals surface area (Å²) in [6.07, 6.45) is 3.65. The average molecular weight is 407 g/mol. The number of ether oxygens (including phenoxy) is 1. The van der Waals surface area contributed by atoms with Crippen molar-refractivity contribution < 1.29 is 13.9 Å². The molecular weight excluding hydrogens is 381 g/mol. The molecule has 0 radical (unpaired) electrons. The monoisotopic (exact) mass is 407 g/mol. The van der Waals surface area contributed by atoms with Crippen LogP contribution in [0.3, 0.4) is 0 Å². The van der Waals surface area contributed by atoms with Crippen molar-refractivity contribution in [3.05, 3.63) is 82.7 Å². The van der Waals surface area contributed by atoms with Crippen LogP contribution in [-0.2, 0) is 6.54 Å². The van der Waals surface area contributed by atoms with Crippen molar-refractivity contribution in [2.45, 2.75) is 39.3 Å². The predicted molar refractivity (Wildman–Crippen MR) is 113 cm³/mol. The van der Waals surface area contributed by atoms with Crippen LogP contribution < -0.4 is 4.74 Å². The molecule has 1 aromatic heterocycles. The van der Waals surface area contributed by atoms with E-state index in [1.807, 2.05) is 43.1 Å². The molecule has 4 rings (SSSR count). The quantitative estimate of drug-likeness (QED) is 0.617. The van der Waals surface area contributed by atoms with Gasteiger partial charge in [0, 0.05) is 36.1 Å². The van der Waals surface area contributed by atoms with Crippen molar-refractivity contribution in [2.24, 2.45) is 0 Å². The van der Waals surface area contributed by atoms with E-state index in [-0.39, 0.29) is 17.8 Å². The van der Waals surface area contributed by atoms with E-state index in [0.717, 1.165) is 35.5 Å². The topological polar surface area (TPSA) is 47.4 Å². The summed E-state index contributed by atoms with van der Waals surface area (Å²) < 4.78 is 20.8. The number of rotatable bonds is 5. The molecule has 0 aliphatic carbocycles. The molecule has 156 valence electrons. The molecule has 0 spiro atoms. The van der Waals surface area contributed by atoms with Crippen molar-refractivity contribution in [3.8, 4) is 5.75 Å². The van der Waals surface area contributed by atoms with Gasteiger partial charge in [0.1, 0.15) is 17.4 Å². The number of carbonyl (C=O) groups excluding carboxylic acids is 1. The number of aryl methyl sites for hydroxylation is 1. The molecule has 30 heavy (non-hydrogen) atoms. The van der Waals surface area contributed by atoms with E-state index in [1.54, 1.807) is 19.2 Å². The Labute approximate surface area is 176 Å². The number of hydrogen-bond acceptors (Lipinski definition) is 3. The first kappa shape index (κ1) is 20.1. The van der Waals surface area contributed by atoms with Gasteiger partial charge in [0.05, 0.1) is 13.2 Å². The second-order valence-corrected chi connectivity index (χ2v) is 7.76. The molecule has 2 heterocycles. The second-order valence-electron chi connectivity index (χ2n) is 7.76. The first-order valence-electron chi connectivity index (χ1n) is 10.2. The fraction of sp³-hybridized carbons (Fsp3) is 0.333. The maximum atomic E-state index is 13.4. The molecule has 0 saturated carbocycles. The van der Waals surface area contributed by atoms with Crippen LogP contribution in [0, 0.1) is 19.7 Å². The maximum absolute atomic E-state index is 13.4. The van der Waals surface area contributed by atoms with E-state index < -0.39 is 0 Å². The van der Waals surface area contributed by atoms with Gasteiger partial charge in [-0.1, -0.05) is 18.2 Å². The average Bonchev–Trinajstić information content (AvgIpc) is 3.36. The van der Waals surface area contributed by atoms with Gasteiger partial charge < -0.3 is 14.2 Å². The molecular formula is C24H26FN3O2. The molecule has 1 amide bonds. The number of methoxy groups -OCH3 is 1. The van der Waals surface area contributed by atoms with Crippen LogP contribution in [-0.4, -0.2) is 34.0 Å². The molecule has 1 fully saturated rings. The second kappa shape index (κ2) is 8.30. The number of hydrogen-bond donors (Lipinski definition) is 0. The summed E-state index contributed by atoms with van der Waals surface area (Å²) in [7, 11) is 1.62. The van der Waals surface area contributed by atoms with Gasteiger partial charge in [-0.3, -0.25) is 4.79 Å². The molecule has 2 aromatic carbocycles. The van der Waals surface area contributed by atoms with Crippen molar-refractivity contribution in [2.75, 3.05) is 13.7 Å². The minimum Gasteiger partial charge on any atom is -0.496 e. The third-order valence-electron chi connectivity index (χ3n) is 5.89. The molecule has 0 N–H and O–H groups in total. The SMILES string of the molecule is COc1cccc(C(=O)N2CCCC2c2ncc(C)n2Cc2ccc(F)cc2)c1C. The summed E-state index contributed by atoms with van der Waals surface area (Å²) in [5, 5.41) is 0. The van der Waals surface area contributed by atoms with Gasteiger partial charge >= 0.3 is 0 Å². The zero-order valence-corrected chi connectivity index (χ0v) is 17.6. The Morgan fingerprint density at radius 1 is 1.20 bits per heavy atom. The normalized spacial score (nSPS) is 16.1. The van der Waals surface area contributed by atoms with Gasteiger partial charge in [0.15, 0.2) is 0 Å². The van der Waals surface area contributed by atoms with Gasteiger partial charge in [-0.05, 0) is 56.5 Å². The molecule has 6 heteroatoms. The molecule has 0 bridgehead atoms. The lowest BCUT2D eigenvalue weighted by molar-refractivity contribution is 0.0726. The Kier molecular flexibility index (Phi) is 5.57. The van der Waals surface area contributed by atoms with Gasteiger partial charge in [-0.2, -0.15) is 0 Å². The van der Waals surface area contributed by atoms with E-state index >= 15 is 0 Å². The Hall–Kier alpha value is -3.15. The first-order chi connectivity index (χ1) is 14.5. The summed E-state index contributed by atoms with van der Waals surface area (Å²) in [4.78, 5) is 20.0. The highest BCUT2D eigenvalue weighted by molar-refractivity contribution is 5.96. The number of halogens is 1. The van der Waals surface area contributed by atoms with E-state index in [1.165, 1.54) is 12.1 Å². The van der Waals surface area contributed by atoms with Gasteiger partial charge in [0.2, 0.25) is 0 Å². The number of carbonyl (C=O) groups is 1. The van der Waals surface area contributed by atoms with Crippen LogP contribution in [0.4, 0.5) is 4.39 Å². The number of imidazole rings is 1. The van der Waals surface area contributed by atoms with Crippen LogP contribution in [0.1, 0.15) is 51.9 Å². The highest BCUT2D eigenvalue weighted by Gasteiger charge is 2.34. The number of benzene rings is 2. The van der Waals surface area contributed by atoms with E-state index in [9.17, 15) is 9.18 Å². The van der Waals surface area contributed by atoms with Gasteiger partial charge in [-0.25, -0.2) is 9.37 Å². The predicted octanol–water partition coefficient (Wildman–Crippen LogP) is 4.67. The highest BCUT2D eigenvalue weighted by Crippen LogP contribution is 2.34. The van der Waals surface area contributed by atoms with Crippen LogP contribution in [0.2, 0.25) is 0 Å². The van der Waals surface area contributed by atoms with E-state index in [4.69, 9.17) is 4.74 Å². The Bertz CT molecular complexity index is 1060. The van der Waals surface area contributed by atoms with Crippen molar-refractivity contribution >= 4 is 5.91 Å². The number of likely N-dealkylation sites (tertiary alicyclic amines) is 1. The Morgan fingerprint density at radius 2 is 1.97 bits per heavy atom. The number of aromatic nitrogens is 2. The number of amides is 1. The van der Waals surface area contributed by atoms with Crippen LogP contribution >= 0.6 is 0 Å². The third-order valence-corrected chi connectivity index (χ3v) is 5.89. The molecule has 1 aliphatic heterocycles. The van der Waals surface area contributed by atoms with Gasteiger partial charge in [-0.15, -0.1) is 0 Å². The minimum absolute atomic E-state index is 0.00267. The van der Waals surface area contributed by atoms with Crippen molar-refractivity contribution in [1.82, 2.24) is 14.5 Å². The van der Waals surface area contributed by atoms with Crippen LogP contribution in [0.5, 0.6) is 5.75 Å². The van der Waals surface area contributed by atoms with E-state index in [0.29, 0.717) is 24.4 Å². The van der Waals surface area contributed by atoms with E-state index in [2.05, 4.69) is 9.55 Å². The Morgan fingerprint density at radius 3 is 2.70 bits per heavy atom. The highest BCUT2D eigenvalue weighted by atomic mass is 19.1. The zero-order valence-electron chi connectivity index (χ0n) is 17.6. The first-order valence-corrected chi connectivity index (χ1v) is 10.2. The summed E-state index contributed by atoms with van der Waals surface area (Å²) in [6.45, 7) is 5.21. The van der Waals surface area contributed by atoms with Gasteiger partial charge in [0.25, 0.3) is 5.91 Å². The summed E-state index contributed by atoms with van der Waals surface area (Å²) in [5.41, 5.74) is 3.53. The lowest BCUT2D eigenvalue weighted by atomic mass is 10.1. The summed E-state index contributed by atoms with van der Waals surface area (Å²) in [5.74, 6) is 1.35. The largest absolute Gasteiger partial charge is 0.496 e. The zero-order chi connectivity index (χ0) is 21.3. The molecule has 1 aliphatic rings. The van der Waals surface area contributed by atoms with Crippen molar-refractivity contribution in [3.63, 3.8) is 0 Å². The molecule has 1 unspecified atom stereocenters. The fourth-order valence-corrected chi connectivity index (χ4v) is 4.22. The molecule has 3 aromatic rings. The van der Waals surface area contributed by atoms with Crippen molar-refractivity contribution in [1.29, 1.82) is 0 Å².